The summed E-state index contributed by atoms with van der Waals surface area (Å²) in [6.07, 6.45) is 4.42. The van der Waals surface area contributed by atoms with Gasteiger partial charge in [0.05, 0.1) is 17.4 Å². The van der Waals surface area contributed by atoms with Gasteiger partial charge in [-0.05, 0) is 32.0 Å². The van der Waals surface area contributed by atoms with E-state index >= 15 is 0 Å². The highest BCUT2D eigenvalue weighted by Crippen LogP contribution is 2.24. The minimum atomic E-state index is -0.0803. The molecule has 1 saturated heterocycles. The van der Waals surface area contributed by atoms with Crippen LogP contribution in [0.25, 0.3) is 0 Å². The van der Waals surface area contributed by atoms with Crippen LogP contribution in [0, 0.1) is 6.92 Å². The van der Waals surface area contributed by atoms with Crippen molar-refractivity contribution in [3.05, 3.63) is 54.1 Å². The molecule has 120 valence electrons. The second-order valence-corrected chi connectivity index (χ2v) is 5.84. The van der Waals surface area contributed by atoms with Crippen molar-refractivity contribution in [3.63, 3.8) is 0 Å². The quantitative estimate of drug-likeness (QED) is 0.851. The van der Waals surface area contributed by atoms with Gasteiger partial charge in [-0.3, -0.25) is 19.7 Å². The topological polar surface area (TPSA) is 49.3 Å². The summed E-state index contributed by atoms with van der Waals surface area (Å²) < 4.78 is 0. The molecule has 1 aromatic heterocycles. The normalized spacial score (nSPS) is 18.0. The van der Waals surface area contributed by atoms with Crippen molar-refractivity contribution in [2.45, 2.75) is 32.9 Å². The summed E-state index contributed by atoms with van der Waals surface area (Å²) in [6.45, 7) is 6.24. The van der Waals surface area contributed by atoms with Crippen LogP contribution in [0.15, 0.2) is 42.7 Å². The number of hydrogen-bond acceptors (Lipinski definition) is 4. The summed E-state index contributed by atoms with van der Waals surface area (Å²) in [5, 5.41) is 0. The number of para-hydroxylation sites is 1. The fourth-order valence-corrected chi connectivity index (χ4v) is 3.02. The minimum absolute atomic E-state index is 0.0803. The zero-order chi connectivity index (χ0) is 16.2. The summed E-state index contributed by atoms with van der Waals surface area (Å²) in [6, 6.07) is 9.80. The molecule has 23 heavy (non-hydrogen) atoms. The van der Waals surface area contributed by atoms with E-state index in [1.807, 2.05) is 42.2 Å². The summed E-state index contributed by atoms with van der Waals surface area (Å²) in [5.74, 6) is 0.179. The standard InChI is InChI=1S/C18H22N4O/c1-3-21(13-15-12-19-14(2)11-20-15)17-9-10-22(18(17)23)16-7-5-4-6-8-16/h4-8,11-12,17H,3,9-10,13H2,1-2H3/t17-/m1/s1. The summed E-state index contributed by atoms with van der Waals surface area (Å²) in [5.41, 5.74) is 2.79. The van der Waals surface area contributed by atoms with Crippen LogP contribution in [0.3, 0.4) is 0 Å². The summed E-state index contributed by atoms with van der Waals surface area (Å²) >= 11 is 0. The number of rotatable bonds is 5. The Morgan fingerprint density at radius 2 is 2.00 bits per heavy atom. The lowest BCUT2D eigenvalue weighted by molar-refractivity contribution is -0.121. The number of amides is 1. The molecule has 1 aliphatic rings. The van der Waals surface area contributed by atoms with Crippen molar-refractivity contribution >= 4 is 11.6 Å². The van der Waals surface area contributed by atoms with Crippen LogP contribution in [0.5, 0.6) is 0 Å². The molecule has 0 spiro atoms. The number of carbonyl (C=O) groups is 1. The minimum Gasteiger partial charge on any atom is -0.311 e. The number of aromatic nitrogens is 2. The van der Waals surface area contributed by atoms with Crippen molar-refractivity contribution in [3.8, 4) is 0 Å². The first kappa shape index (κ1) is 15.6. The first-order chi connectivity index (χ1) is 11.2. The highest BCUT2D eigenvalue weighted by Gasteiger charge is 2.36. The Morgan fingerprint density at radius 3 is 2.65 bits per heavy atom. The van der Waals surface area contributed by atoms with Crippen molar-refractivity contribution in [1.29, 1.82) is 0 Å². The van der Waals surface area contributed by atoms with E-state index in [2.05, 4.69) is 21.8 Å². The van der Waals surface area contributed by atoms with E-state index in [1.54, 1.807) is 12.4 Å². The fourth-order valence-electron chi connectivity index (χ4n) is 3.02. The SMILES string of the molecule is CCN(Cc1cnc(C)cn1)[C@@H]1CCN(c2ccccc2)C1=O. The van der Waals surface area contributed by atoms with E-state index in [-0.39, 0.29) is 11.9 Å². The van der Waals surface area contributed by atoms with Gasteiger partial charge in [0.1, 0.15) is 0 Å². The second kappa shape index (κ2) is 6.87. The lowest BCUT2D eigenvalue weighted by atomic mass is 10.2. The molecule has 2 aromatic rings. The number of anilines is 1. The third kappa shape index (κ3) is 3.40. The van der Waals surface area contributed by atoms with Crippen molar-refractivity contribution in [1.82, 2.24) is 14.9 Å². The molecule has 0 radical (unpaired) electrons. The maximum atomic E-state index is 12.8. The summed E-state index contributed by atoms with van der Waals surface area (Å²) in [4.78, 5) is 25.6. The van der Waals surface area contributed by atoms with Crippen LogP contribution in [0.1, 0.15) is 24.7 Å². The molecule has 3 rings (SSSR count). The first-order valence-electron chi connectivity index (χ1n) is 8.07. The molecule has 0 N–H and O–H groups in total. The molecular formula is C18H22N4O. The zero-order valence-corrected chi connectivity index (χ0v) is 13.6. The van der Waals surface area contributed by atoms with Crippen molar-refractivity contribution in [2.24, 2.45) is 0 Å². The van der Waals surface area contributed by atoms with E-state index in [1.165, 1.54) is 0 Å². The molecule has 0 saturated carbocycles. The smallest absolute Gasteiger partial charge is 0.244 e. The Morgan fingerprint density at radius 1 is 1.22 bits per heavy atom. The Bertz CT molecular complexity index is 656. The lowest BCUT2D eigenvalue weighted by Gasteiger charge is -2.26. The van der Waals surface area contributed by atoms with E-state index in [0.29, 0.717) is 6.54 Å². The average Bonchev–Trinajstić information content (AvgIpc) is 2.97. The molecule has 1 atom stereocenters. The number of nitrogens with zero attached hydrogens (tertiary/aromatic N) is 4. The number of benzene rings is 1. The molecule has 0 unspecified atom stereocenters. The van der Waals surface area contributed by atoms with E-state index in [0.717, 1.165) is 36.6 Å². The molecule has 1 aromatic carbocycles. The van der Waals surface area contributed by atoms with Gasteiger partial charge in [0, 0.05) is 31.2 Å². The Kier molecular flexibility index (Phi) is 4.67. The number of aryl methyl sites for hydroxylation is 1. The van der Waals surface area contributed by atoms with E-state index in [9.17, 15) is 4.79 Å². The zero-order valence-electron chi connectivity index (χ0n) is 13.6. The number of hydrogen-bond donors (Lipinski definition) is 0. The van der Waals surface area contributed by atoms with Gasteiger partial charge < -0.3 is 4.90 Å². The van der Waals surface area contributed by atoms with Gasteiger partial charge in [-0.1, -0.05) is 25.1 Å². The highest BCUT2D eigenvalue weighted by atomic mass is 16.2. The largest absolute Gasteiger partial charge is 0.311 e. The predicted octanol–water partition coefficient (Wildman–Crippen LogP) is 2.41. The van der Waals surface area contributed by atoms with E-state index < -0.39 is 0 Å². The van der Waals surface area contributed by atoms with Crippen LogP contribution in [-0.2, 0) is 11.3 Å². The molecular weight excluding hydrogens is 288 g/mol. The predicted molar refractivity (Wildman–Crippen MR) is 90.1 cm³/mol. The fraction of sp³-hybridized carbons (Fsp3) is 0.389. The van der Waals surface area contributed by atoms with Gasteiger partial charge in [0.25, 0.3) is 0 Å². The van der Waals surface area contributed by atoms with Crippen LogP contribution in [-0.4, -0.2) is 39.9 Å². The molecule has 5 nitrogen and oxygen atoms in total. The Hall–Kier alpha value is -2.27. The van der Waals surface area contributed by atoms with Crippen LogP contribution >= 0.6 is 0 Å². The third-order valence-corrected chi connectivity index (χ3v) is 4.29. The molecule has 1 aliphatic heterocycles. The maximum Gasteiger partial charge on any atom is 0.244 e. The van der Waals surface area contributed by atoms with Gasteiger partial charge in [-0.25, -0.2) is 0 Å². The molecule has 5 heteroatoms. The van der Waals surface area contributed by atoms with Gasteiger partial charge in [0.15, 0.2) is 0 Å². The monoisotopic (exact) mass is 310 g/mol. The average molecular weight is 310 g/mol. The molecule has 2 heterocycles. The molecule has 0 bridgehead atoms. The number of carbonyl (C=O) groups excluding carboxylic acids is 1. The van der Waals surface area contributed by atoms with Gasteiger partial charge in [-0.15, -0.1) is 0 Å². The number of likely N-dealkylation sites (N-methyl/N-ethyl adjacent to an activating group) is 1. The molecule has 1 fully saturated rings. The molecule has 0 aliphatic carbocycles. The van der Waals surface area contributed by atoms with Crippen molar-refractivity contribution in [2.75, 3.05) is 18.0 Å². The molecule has 1 amide bonds. The Balaban J connectivity index is 1.72. The lowest BCUT2D eigenvalue weighted by Crippen LogP contribution is -2.41. The van der Waals surface area contributed by atoms with Crippen molar-refractivity contribution < 1.29 is 4.79 Å². The van der Waals surface area contributed by atoms with Crippen LogP contribution < -0.4 is 4.90 Å². The Labute approximate surface area is 137 Å². The second-order valence-electron chi connectivity index (χ2n) is 5.84. The van der Waals surface area contributed by atoms with Gasteiger partial charge in [0.2, 0.25) is 5.91 Å². The van der Waals surface area contributed by atoms with Crippen LogP contribution in [0.4, 0.5) is 5.69 Å². The van der Waals surface area contributed by atoms with Crippen LogP contribution in [0.2, 0.25) is 0 Å². The maximum absolute atomic E-state index is 12.8. The van der Waals surface area contributed by atoms with Gasteiger partial charge >= 0.3 is 0 Å². The first-order valence-corrected chi connectivity index (χ1v) is 8.07. The summed E-state index contributed by atoms with van der Waals surface area (Å²) in [7, 11) is 0. The van der Waals surface area contributed by atoms with Gasteiger partial charge in [-0.2, -0.15) is 0 Å². The van der Waals surface area contributed by atoms with E-state index in [4.69, 9.17) is 0 Å². The highest BCUT2D eigenvalue weighted by molar-refractivity contribution is 5.99. The third-order valence-electron chi connectivity index (χ3n) is 4.29.